The molecule has 0 amide bonds. The van der Waals surface area contributed by atoms with Gasteiger partial charge in [-0.25, -0.2) is 4.98 Å². The monoisotopic (exact) mass is 376 g/mol. The summed E-state index contributed by atoms with van der Waals surface area (Å²) in [6.45, 7) is 0.547. The maximum atomic E-state index is 5.37. The van der Waals surface area contributed by atoms with Gasteiger partial charge in [0.1, 0.15) is 11.6 Å². The molecular weight excluding hydrogens is 356 g/mol. The fraction of sp³-hybridized carbons (Fsp3) is 0.263. The molecule has 3 heterocycles. The molecule has 0 bridgehead atoms. The first kappa shape index (κ1) is 16.5. The van der Waals surface area contributed by atoms with E-state index in [1.807, 2.05) is 24.3 Å². The van der Waals surface area contributed by atoms with E-state index in [9.17, 15) is 0 Å². The van der Waals surface area contributed by atoms with Crippen molar-refractivity contribution in [3.8, 4) is 5.75 Å². The van der Waals surface area contributed by atoms with Gasteiger partial charge in [0.15, 0.2) is 5.82 Å². The van der Waals surface area contributed by atoms with Crippen LogP contribution in [0.15, 0.2) is 36.7 Å². The van der Waals surface area contributed by atoms with E-state index in [0.717, 1.165) is 28.0 Å². The lowest BCUT2D eigenvalue weighted by Crippen LogP contribution is -2.05. The second-order valence-corrected chi connectivity index (χ2v) is 6.84. The molecule has 28 heavy (non-hydrogen) atoms. The number of aromatic nitrogens is 6. The number of hydrogen-bond donors (Lipinski definition) is 4. The van der Waals surface area contributed by atoms with E-state index >= 15 is 0 Å². The van der Waals surface area contributed by atoms with Crippen LogP contribution in [0, 0.1) is 0 Å². The predicted octanol–water partition coefficient (Wildman–Crippen LogP) is 3.32. The van der Waals surface area contributed by atoms with Gasteiger partial charge >= 0.3 is 0 Å². The number of fused-ring (bicyclic) bond motifs is 1. The average molecular weight is 376 g/mol. The van der Waals surface area contributed by atoms with Crippen molar-refractivity contribution in [3.63, 3.8) is 0 Å². The zero-order chi connectivity index (χ0) is 18.9. The number of aromatic amines is 2. The van der Waals surface area contributed by atoms with Crippen molar-refractivity contribution in [3.05, 3.63) is 47.9 Å². The minimum atomic E-state index is 0.530. The molecule has 4 aromatic rings. The summed E-state index contributed by atoms with van der Waals surface area (Å²) in [5, 5.41) is 22.0. The van der Waals surface area contributed by atoms with Crippen LogP contribution in [0.1, 0.15) is 30.0 Å². The number of methoxy groups -OCH3 is 1. The maximum Gasteiger partial charge on any atom is 0.224 e. The molecule has 142 valence electrons. The van der Waals surface area contributed by atoms with Crippen LogP contribution in [0.3, 0.4) is 0 Å². The van der Waals surface area contributed by atoms with Crippen LogP contribution in [0.25, 0.3) is 10.9 Å². The van der Waals surface area contributed by atoms with Crippen LogP contribution in [-0.2, 0) is 6.54 Å². The summed E-state index contributed by atoms with van der Waals surface area (Å²) in [4.78, 5) is 8.83. The third kappa shape index (κ3) is 3.34. The summed E-state index contributed by atoms with van der Waals surface area (Å²) in [7, 11) is 1.65. The van der Waals surface area contributed by atoms with Crippen molar-refractivity contribution in [1.29, 1.82) is 0 Å². The Morgan fingerprint density at radius 1 is 1.18 bits per heavy atom. The zero-order valence-corrected chi connectivity index (χ0v) is 15.4. The largest absolute Gasteiger partial charge is 0.497 e. The molecule has 4 N–H and O–H groups in total. The molecule has 1 saturated carbocycles. The Kier molecular flexibility index (Phi) is 4.04. The minimum absolute atomic E-state index is 0.530. The Morgan fingerprint density at radius 2 is 2.11 bits per heavy atom. The van der Waals surface area contributed by atoms with Crippen LogP contribution in [-0.4, -0.2) is 37.5 Å². The molecule has 9 nitrogen and oxygen atoms in total. The van der Waals surface area contributed by atoms with Gasteiger partial charge in [-0.15, -0.1) is 0 Å². The SMILES string of the molecule is COc1cc(CNc2nccc(Nc3cc(C4CC4)[nH]n3)n2)c2cn[nH]c2c1. The summed E-state index contributed by atoms with van der Waals surface area (Å²) in [5.41, 5.74) is 3.15. The van der Waals surface area contributed by atoms with E-state index in [1.54, 1.807) is 19.5 Å². The number of hydrogen-bond acceptors (Lipinski definition) is 7. The predicted molar refractivity (Wildman–Crippen MR) is 106 cm³/mol. The molecule has 9 heteroatoms. The number of nitrogens with zero attached hydrogens (tertiary/aromatic N) is 4. The van der Waals surface area contributed by atoms with Crippen molar-refractivity contribution >= 4 is 28.5 Å². The van der Waals surface area contributed by atoms with Gasteiger partial charge in [-0.05, 0) is 30.5 Å². The average Bonchev–Trinajstić information content (AvgIpc) is 3.27. The van der Waals surface area contributed by atoms with Crippen molar-refractivity contribution in [1.82, 2.24) is 30.4 Å². The van der Waals surface area contributed by atoms with E-state index in [4.69, 9.17) is 4.74 Å². The van der Waals surface area contributed by atoms with E-state index in [-0.39, 0.29) is 0 Å². The standard InChI is InChI=1S/C19H20N8O/c1-28-13-6-12(14-10-22-25-16(14)7-13)9-21-19-20-5-4-17(24-19)23-18-8-15(26-27-18)11-2-3-11/h4-8,10-11H,2-3,9H2,1H3,(H,22,25)(H3,20,21,23,24,26,27). The second-order valence-electron chi connectivity index (χ2n) is 6.84. The first-order valence-electron chi connectivity index (χ1n) is 9.18. The molecule has 0 unspecified atom stereocenters. The fourth-order valence-electron chi connectivity index (χ4n) is 3.18. The lowest BCUT2D eigenvalue weighted by atomic mass is 10.1. The van der Waals surface area contributed by atoms with Crippen LogP contribution >= 0.6 is 0 Å². The highest BCUT2D eigenvalue weighted by Gasteiger charge is 2.25. The van der Waals surface area contributed by atoms with Gasteiger partial charge in [-0.3, -0.25) is 10.2 Å². The van der Waals surface area contributed by atoms with Crippen LogP contribution in [0.2, 0.25) is 0 Å². The molecule has 0 spiro atoms. The molecule has 5 rings (SSSR count). The molecule has 1 aliphatic carbocycles. The topological polar surface area (TPSA) is 116 Å². The maximum absolute atomic E-state index is 5.37. The molecule has 0 aliphatic heterocycles. The number of anilines is 3. The first-order chi connectivity index (χ1) is 13.8. The van der Waals surface area contributed by atoms with Crippen molar-refractivity contribution in [2.24, 2.45) is 0 Å². The quantitative estimate of drug-likeness (QED) is 0.391. The Bertz CT molecular complexity index is 1110. The number of H-pyrrole nitrogens is 2. The smallest absolute Gasteiger partial charge is 0.224 e. The lowest BCUT2D eigenvalue weighted by molar-refractivity contribution is 0.415. The molecule has 1 aromatic carbocycles. The first-order valence-corrected chi connectivity index (χ1v) is 9.18. The van der Waals surface area contributed by atoms with Gasteiger partial charge in [0.05, 0.1) is 18.8 Å². The molecular formula is C19H20N8O. The molecule has 0 atom stereocenters. The Balaban J connectivity index is 1.30. The summed E-state index contributed by atoms with van der Waals surface area (Å²) in [6, 6.07) is 7.76. The summed E-state index contributed by atoms with van der Waals surface area (Å²) < 4.78 is 5.37. The van der Waals surface area contributed by atoms with Crippen molar-refractivity contribution in [2.75, 3.05) is 17.7 Å². The fourth-order valence-corrected chi connectivity index (χ4v) is 3.18. The van der Waals surface area contributed by atoms with Gasteiger partial charge < -0.3 is 15.4 Å². The molecule has 1 fully saturated rings. The van der Waals surface area contributed by atoms with Crippen LogP contribution in [0.4, 0.5) is 17.6 Å². The van der Waals surface area contributed by atoms with Gasteiger partial charge in [-0.1, -0.05) is 0 Å². The molecule has 0 radical (unpaired) electrons. The third-order valence-electron chi connectivity index (χ3n) is 4.82. The number of benzene rings is 1. The number of nitrogens with one attached hydrogen (secondary N) is 4. The third-order valence-corrected chi connectivity index (χ3v) is 4.82. The van der Waals surface area contributed by atoms with Gasteiger partial charge in [0.2, 0.25) is 5.95 Å². The van der Waals surface area contributed by atoms with Crippen molar-refractivity contribution < 1.29 is 4.74 Å². The van der Waals surface area contributed by atoms with Gasteiger partial charge in [0.25, 0.3) is 0 Å². The van der Waals surface area contributed by atoms with E-state index in [0.29, 0.717) is 24.2 Å². The zero-order valence-electron chi connectivity index (χ0n) is 15.4. The number of ether oxygens (including phenoxy) is 1. The second kappa shape index (κ2) is 6.84. The van der Waals surface area contributed by atoms with Gasteiger partial charge in [0, 0.05) is 41.9 Å². The van der Waals surface area contributed by atoms with E-state index < -0.39 is 0 Å². The summed E-state index contributed by atoms with van der Waals surface area (Å²) >= 11 is 0. The Hall–Kier alpha value is -3.62. The highest BCUT2D eigenvalue weighted by Crippen LogP contribution is 2.39. The Morgan fingerprint density at radius 3 is 2.96 bits per heavy atom. The highest BCUT2D eigenvalue weighted by atomic mass is 16.5. The normalized spacial score (nSPS) is 13.6. The van der Waals surface area contributed by atoms with Crippen LogP contribution in [0.5, 0.6) is 5.75 Å². The summed E-state index contributed by atoms with van der Waals surface area (Å²) in [6.07, 6.45) is 5.99. The van der Waals surface area contributed by atoms with Gasteiger partial charge in [-0.2, -0.15) is 15.2 Å². The molecule has 3 aromatic heterocycles. The Labute approximate surface area is 160 Å². The number of rotatable bonds is 7. The van der Waals surface area contributed by atoms with Crippen molar-refractivity contribution in [2.45, 2.75) is 25.3 Å². The van der Waals surface area contributed by atoms with Crippen LogP contribution < -0.4 is 15.4 Å². The minimum Gasteiger partial charge on any atom is -0.497 e. The summed E-state index contributed by atoms with van der Waals surface area (Å²) in [5.74, 6) is 3.38. The molecule has 1 aliphatic rings. The highest BCUT2D eigenvalue weighted by molar-refractivity contribution is 5.83. The molecule has 0 saturated heterocycles. The van der Waals surface area contributed by atoms with E-state index in [2.05, 4.69) is 41.0 Å². The van der Waals surface area contributed by atoms with E-state index in [1.165, 1.54) is 18.5 Å². The lowest BCUT2D eigenvalue weighted by Gasteiger charge is -2.09.